The zero-order chi connectivity index (χ0) is 56.7. The maximum absolute atomic E-state index is 14.2. The molecule has 0 saturated carbocycles. The van der Waals surface area contributed by atoms with Crippen molar-refractivity contribution in [1.29, 1.82) is 0 Å². The molecule has 6 heterocycles. The fourth-order valence-corrected chi connectivity index (χ4v) is 11.5. The van der Waals surface area contributed by atoms with E-state index in [0.29, 0.717) is 16.7 Å². The molecular formula is C50H64O29. The lowest BCUT2D eigenvalue weighted by Crippen LogP contribution is -2.60. The van der Waals surface area contributed by atoms with Gasteiger partial charge in [-0.15, -0.1) is 0 Å². The van der Waals surface area contributed by atoms with Gasteiger partial charge in [-0.3, -0.25) is 4.79 Å². The van der Waals surface area contributed by atoms with Crippen LogP contribution in [0.3, 0.4) is 0 Å². The van der Waals surface area contributed by atoms with E-state index in [2.05, 4.69) is 0 Å². The van der Waals surface area contributed by atoms with Gasteiger partial charge in [0.2, 0.25) is 18.9 Å². The molecule has 13 N–H and O–H groups in total. The first-order chi connectivity index (χ1) is 37.8. The van der Waals surface area contributed by atoms with Gasteiger partial charge in [0.05, 0.1) is 73.1 Å². The van der Waals surface area contributed by atoms with Crippen LogP contribution < -0.4 is 0 Å². The maximum Gasteiger partial charge on any atom is 0.337 e. The topological polar surface area (TPSA) is 442 Å². The summed E-state index contributed by atoms with van der Waals surface area (Å²) in [5.74, 6) is -9.13. The second-order valence-corrected chi connectivity index (χ2v) is 20.4. The average molecular weight is 1130 g/mol. The second-order valence-electron chi connectivity index (χ2n) is 20.4. The lowest BCUT2D eigenvalue weighted by atomic mass is 9.83. The summed E-state index contributed by atoms with van der Waals surface area (Å²) in [6, 6.07) is 0. The fraction of sp³-hybridized carbons (Fsp3) is 0.680. The molecular weight excluding hydrogens is 1060 g/mol. The standard InChI is InChI=1S/C50H64O29/c1-17(54)68-11-18-3-6-22-25(15-72-46(31(18)22)78-49-40(62)37(59)34(56)28(9-52)75-49)43(66)70-13-20-4-7-23-26(16-73-47(32(20)23)79-50-41(63)38(60)35(57)29(10-53)76-50)44(67)69-12-19-2-5-21-24(42(64)65)14-71-45(30(19)21)77-48-39(61)36(58)33(55)27(8-51)74-48/h2-4,14-16,21-23,27-41,45-53,55-63H,5-13H2,1H3,(H,64,65). The van der Waals surface area contributed by atoms with Gasteiger partial charge in [0.25, 0.3) is 0 Å². The minimum Gasteiger partial charge on any atom is -0.478 e. The Morgan fingerprint density at radius 1 is 0.443 bits per heavy atom. The van der Waals surface area contributed by atoms with Crippen LogP contribution in [0.15, 0.2) is 70.5 Å². The summed E-state index contributed by atoms with van der Waals surface area (Å²) < 4.78 is 69.1. The van der Waals surface area contributed by atoms with Gasteiger partial charge in [0.15, 0.2) is 18.9 Å². The van der Waals surface area contributed by atoms with Crippen LogP contribution in [0.1, 0.15) is 26.2 Å². The number of carboxylic acids is 1. The van der Waals surface area contributed by atoms with Crippen LogP contribution in [0, 0.1) is 35.5 Å². The first kappa shape index (κ1) is 58.6. The zero-order valence-corrected chi connectivity index (χ0v) is 42.0. The molecule has 438 valence electrons. The lowest BCUT2D eigenvalue weighted by molar-refractivity contribution is -0.339. The number of ether oxygens (including phenoxy) is 12. The molecule has 0 spiro atoms. The van der Waals surface area contributed by atoms with E-state index in [1.165, 1.54) is 6.92 Å². The summed E-state index contributed by atoms with van der Waals surface area (Å²) in [6.07, 6.45) is -21.1. The molecule has 3 saturated heterocycles. The Morgan fingerprint density at radius 2 is 0.747 bits per heavy atom. The number of fused-ring (bicyclic) bond motifs is 3. The van der Waals surface area contributed by atoms with E-state index in [4.69, 9.17) is 56.8 Å². The van der Waals surface area contributed by atoms with Crippen LogP contribution in [0.4, 0.5) is 0 Å². The number of rotatable bonds is 18. The highest BCUT2D eigenvalue weighted by Crippen LogP contribution is 2.49. The maximum atomic E-state index is 14.2. The van der Waals surface area contributed by atoms with E-state index in [1.54, 1.807) is 18.2 Å². The van der Waals surface area contributed by atoms with E-state index in [9.17, 15) is 85.6 Å². The molecule has 9 rings (SSSR count). The van der Waals surface area contributed by atoms with Gasteiger partial charge in [-0.2, -0.15) is 0 Å². The van der Waals surface area contributed by atoms with Crippen molar-refractivity contribution in [3.05, 3.63) is 70.5 Å². The molecule has 0 aromatic heterocycles. The molecule has 3 aliphatic carbocycles. The minimum atomic E-state index is -1.88. The molecule has 6 aliphatic heterocycles. The first-order valence-corrected chi connectivity index (χ1v) is 25.5. The number of esters is 3. The highest BCUT2D eigenvalue weighted by molar-refractivity contribution is 5.90. The molecule has 0 aromatic rings. The normalized spacial score (nSPS) is 42.4. The Bertz CT molecular complexity index is 2450. The van der Waals surface area contributed by atoms with Gasteiger partial charge in [-0.05, 0) is 36.0 Å². The number of allylic oxidation sites excluding steroid dienone is 3. The molecule has 79 heavy (non-hydrogen) atoms. The molecule has 0 radical (unpaired) electrons. The number of hydrogen-bond acceptors (Lipinski definition) is 28. The molecule has 24 atom stereocenters. The molecule has 24 unspecified atom stereocenters. The number of carbonyl (C=O) groups excluding carboxylic acids is 3. The highest BCUT2D eigenvalue weighted by Gasteiger charge is 2.54. The monoisotopic (exact) mass is 1130 g/mol. The molecule has 29 heteroatoms. The summed E-state index contributed by atoms with van der Waals surface area (Å²) in [7, 11) is 0. The smallest absolute Gasteiger partial charge is 0.337 e. The third-order valence-electron chi connectivity index (χ3n) is 15.8. The van der Waals surface area contributed by atoms with Gasteiger partial charge in [-0.1, -0.05) is 18.2 Å². The molecule has 0 amide bonds. The summed E-state index contributed by atoms with van der Waals surface area (Å²) >= 11 is 0. The van der Waals surface area contributed by atoms with Crippen LogP contribution in [0.25, 0.3) is 0 Å². The van der Waals surface area contributed by atoms with E-state index in [-0.39, 0.29) is 42.6 Å². The summed E-state index contributed by atoms with van der Waals surface area (Å²) in [6.45, 7) is -2.33. The second kappa shape index (κ2) is 24.6. The van der Waals surface area contributed by atoms with E-state index < -0.39 is 203 Å². The number of carboxylic acid groups (broad SMARTS) is 1. The molecule has 29 nitrogen and oxygen atoms in total. The van der Waals surface area contributed by atoms with Crippen molar-refractivity contribution in [3.63, 3.8) is 0 Å². The minimum absolute atomic E-state index is 0.0142. The predicted molar refractivity (Wildman–Crippen MR) is 249 cm³/mol. The van der Waals surface area contributed by atoms with Crippen molar-refractivity contribution in [3.8, 4) is 0 Å². The largest absolute Gasteiger partial charge is 0.478 e. The van der Waals surface area contributed by atoms with Gasteiger partial charge >= 0.3 is 23.9 Å². The third kappa shape index (κ3) is 11.6. The average Bonchev–Trinajstić information content (AvgIpc) is 4.40. The van der Waals surface area contributed by atoms with E-state index in [0.717, 1.165) is 18.8 Å². The van der Waals surface area contributed by atoms with E-state index in [1.807, 2.05) is 0 Å². The van der Waals surface area contributed by atoms with Gasteiger partial charge in [0, 0.05) is 24.7 Å². The summed E-state index contributed by atoms with van der Waals surface area (Å²) in [5.41, 5.74) is 0.846. The molecule has 9 aliphatic rings. The van der Waals surface area contributed by atoms with Crippen molar-refractivity contribution >= 4 is 23.9 Å². The number of hydrogen-bond donors (Lipinski definition) is 13. The number of aliphatic hydroxyl groups excluding tert-OH is 12. The fourth-order valence-electron chi connectivity index (χ4n) is 11.5. The van der Waals surface area contributed by atoms with Crippen LogP contribution >= 0.6 is 0 Å². The Labute approximate surface area is 448 Å². The van der Waals surface area contributed by atoms with Crippen molar-refractivity contribution in [2.45, 2.75) is 137 Å². The summed E-state index contributed by atoms with van der Waals surface area (Å²) in [5, 5.41) is 134. The Balaban J connectivity index is 0.913. The first-order valence-electron chi connectivity index (χ1n) is 25.5. The SMILES string of the molecule is CC(=O)OCC1=CCC2C(C(=O)OCC3=CCC4C(C(=O)OCC5=CCC6C(C(=O)O)=COC(OC7OC(CO)C(O)C(O)C7O)C56)=COC(OC5OC(CO)C(O)C(O)C5O)C34)=COC(OC3OC(CO)C(O)C(O)C3O)C12. The quantitative estimate of drug-likeness (QED) is 0.0346. The van der Waals surface area contributed by atoms with Crippen molar-refractivity contribution in [2.24, 2.45) is 35.5 Å². The van der Waals surface area contributed by atoms with Crippen molar-refractivity contribution in [1.82, 2.24) is 0 Å². The van der Waals surface area contributed by atoms with Crippen molar-refractivity contribution in [2.75, 3.05) is 39.6 Å². The number of aliphatic hydroxyl groups is 12. The molecule has 3 fully saturated rings. The predicted octanol–water partition coefficient (Wildman–Crippen LogP) is -5.42. The zero-order valence-electron chi connectivity index (χ0n) is 42.0. The van der Waals surface area contributed by atoms with Crippen LogP contribution in [0.5, 0.6) is 0 Å². The van der Waals surface area contributed by atoms with Crippen LogP contribution in [-0.4, -0.2) is 241 Å². The number of aliphatic carboxylic acids is 1. The molecule has 0 bridgehead atoms. The van der Waals surface area contributed by atoms with Gasteiger partial charge in [-0.25, -0.2) is 14.4 Å². The Hall–Kier alpha value is -5.00. The Morgan fingerprint density at radius 3 is 1.05 bits per heavy atom. The van der Waals surface area contributed by atoms with E-state index >= 15 is 0 Å². The molecule has 0 aromatic carbocycles. The summed E-state index contributed by atoms with van der Waals surface area (Å²) in [4.78, 5) is 52.6. The lowest BCUT2D eigenvalue weighted by Gasteiger charge is -2.43. The third-order valence-corrected chi connectivity index (χ3v) is 15.8. The van der Waals surface area contributed by atoms with Crippen LogP contribution in [-0.2, 0) is 76.0 Å². The number of carbonyl (C=O) groups is 4. The van der Waals surface area contributed by atoms with Gasteiger partial charge < -0.3 is 123 Å². The van der Waals surface area contributed by atoms with Crippen molar-refractivity contribution < 1.29 is 142 Å². The van der Waals surface area contributed by atoms with Crippen LogP contribution in [0.2, 0.25) is 0 Å². The Kier molecular flexibility index (Phi) is 18.3. The highest BCUT2D eigenvalue weighted by atomic mass is 16.8. The van der Waals surface area contributed by atoms with Gasteiger partial charge in [0.1, 0.15) is 93.1 Å².